The van der Waals surface area contributed by atoms with Gasteiger partial charge in [-0.1, -0.05) is 24.3 Å². The van der Waals surface area contributed by atoms with Gasteiger partial charge in [0, 0.05) is 5.92 Å². The lowest BCUT2D eigenvalue weighted by atomic mass is 9.94. The van der Waals surface area contributed by atoms with Gasteiger partial charge in [0.15, 0.2) is 0 Å². The largest absolute Gasteiger partial charge is 0.370 e. The summed E-state index contributed by atoms with van der Waals surface area (Å²) in [5, 5.41) is 3.33. The molecule has 0 bridgehead atoms. The Morgan fingerprint density at radius 1 is 1.27 bits per heavy atom. The third-order valence-corrected chi connectivity index (χ3v) is 4.94. The van der Waals surface area contributed by atoms with Gasteiger partial charge in [0.2, 0.25) is 5.91 Å². The second kappa shape index (κ2) is 6.80. The van der Waals surface area contributed by atoms with Crippen LogP contribution in [-0.2, 0) is 9.53 Å². The van der Waals surface area contributed by atoms with E-state index in [1.54, 1.807) is 0 Å². The van der Waals surface area contributed by atoms with Gasteiger partial charge in [0.05, 0.1) is 19.2 Å². The maximum absolute atomic E-state index is 12.9. The van der Waals surface area contributed by atoms with Crippen LogP contribution in [0.25, 0.3) is 0 Å². The number of ether oxygens (including phenoxy) is 1. The topological polar surface area (TPSA) is 41.6 Å². The number of aryl methyl sites for hydroxylation is 1. The lowest BCUT2D eigenvalue weighted by Gasteiger charge is -2.40. The second-order valence-corrected chi connectivity index (χ2v) is 6.54. The van der Waals surface area contributed by atoms with Crippen LogP contribution in [0.2, 0.25) is 0 Å². The molecular weight excluding hydrogens is 276 g/mol. The minimum absolute atomic E-state index is 0.00284. The lowest BCUT2D eigenvalue weighted by Crippen LogP contribution is -2.51. The SMILES string of the molecule is Cc1ccccc1[C@@H]1CN(C(=O)C2CCNCC2)[C@@H](C)CO1. The Hall–Kier alpha value is -1.39. The average Bonchev–Trinajstić information content (AvgIpc) is 2.56. The minimum atomic E-state index is 0.00284. The molecule has 120 valence electrons. The van der Waals surface area contributed by atoms with Gasteiger partial charge in [0.1, 0.15) is 6.10 Å². The van der Waals surface area contributed by atoms with E-state index < -0.39 is 0 Å². The molecule has 4 heteroatoms. The van der Waals surface area contributed by atoms with Crippen LogP contribution in [0.1, 0.15) is 37.0 Å². The van der Waals surface area contributed by atoms with Gasteiger partial charge in [-0.15, -0.1) is 0 Å². The molecule has 1 amide bonds. The first-order chi connectivity index (χ1) is 10.7. The minimum Gasteiger partial charge on any atom is -0.370 e. The van der Waals surface area contributed by atoms with Crippen LogP contribution >= 0.6 is 0 Å². The first-order valence-corrected chi connectivity index (χ1v) is 8.35. The van der Waals surface area contributed by atoms with Gasteiger partial charge >= 0.3 is 0 Å². The van der Waals surface area contributed by atoms with Gasteiger partial charge in [-0.25, -0.2) is 0 Å². The molecule has 0 radical (unpaired) electrons. The molecule has 2 aliphatic heterocycles. The lowest BCUT2D eigenvalue weighted by molar-refractivity contribution is -0.149. The molecule has 22 heavy (non-hydrogen) atoms. The summed E-state index contributed by atoms with van der Waals surface area (Å²) >= 11 is 0. The highest BCUT2D eigenvalue weighted by Gasteiger charge is 2.34. The molecular formula is C18H26N2O2. The third-order valence-electron chi connectivity index (χ3n) is 4.94. The van der Waals surface area contributed by atoms with Gasteiger partial charge < -0.3 is 15.0 Å². The van der Waals surface area contributed by atoms with Gasteiger partial charge in [-0.3, -0.25) is 4.79 Å². The van der Waals surface area contributed by atoms with E-state index in [0.29, 0.717) is 19.1 Å². The first-order valence-electron chi connectivity index (χ1n) is 8.35. The molecule has 2 fully saturated rings. The highest BCUT2D eigenvalue weighted by Crippen LogP contribution is 2.29. The van der Waals surface area contributed by atoms with Gasteiger partial charge in [-0.2, -0.15) is 0 Å². The summed E-state index contributed by atoms with van der Waals surface area (Å²) in [7, 11) is 0. The van der Waals surface area contributed by atoms with Crippen molar-refractivity contribution in [3.8, 4) is 0 Å². The quantitative estimate of drug-likeness (QED) is 0.911. The number of amides is 1. The Bertz CT molecular complexity index is 526. The number of nitrogens with zero attached hydrogens (tertiary/aromatic N) is 1. The molecule has 0 unspecified atom stereocenters. The zero-order chi connectivity index (χ0) is 15.5. The van der Waals surface area contributed by atoms with Crippen LogP contribution in [0.15, 0.2) is 24.3 Å². The Kier molecular flexibility index (Phi) is 4.79. The summed E-state index contributed by atoms with van der Waals surface area (Å²) in [6.45, 7) is 7.40. The predicted octanol–water partition coefficient (Wildman–Crippen LogP) is 2.28. The van der Waals surface area contributed by atoms with E-state index in [9.17, 15) is 4.79 Å². The van der Waals surface area contributed by atoms with Crippen LogP contribution in [0, 0.1) is 12.8 Å². The Morgan fingerprint density at radius 3 is 2.73 bits per heavy atom. The highest BCUT2D eigenvalue weighted by atomic mass is 16.5. The van der Waals surface area contributed by atoms with Crippen molar-refractivity contribution in [2.24, 2.45) is 5.92 Å². The number of hydrogen-bond acceptors (Lipinski definition) is 3. The number of carbonyl (C=O) groups is 1. The highest BCUT2D eigenvalue weighted by molar-refractivity contribution is 5.79. The molecule has 0 aromatic heterocycles. The van der Waals surface area contributed by atoms with E-state index >= 15 is 0 Å². The van der Waals surface area contributed by atoms with E-state index in [4.69, 9.17) is 4.74 Å². The van der Waals surface area contributed by atoms with Gasteiger partial charge in [0.25, 0.3) is 0 Å². The average molecular weight is 302 g/mol. The third kappa shape index (κ3) is 3.18. The number of rotatable bonds is 2. The van der Waals surface area contributed by atoms with Gasteiger partial charge in [-0.05, 0) is 50.9 Å². The molecule has 3 rings (SSSR count). The summed E-state index contributed by atoms with van der Waals surface area (Å²) in [6, 6.07) is 8.48. The molecule has 0 saturated carbocycles. The summed E-state index contributed by atoms with van der Waals surface area (Å²) in [4.78, 5) is 14.9. The van der Waals surface area contributed by atoms with E-state index in [1.807, 2.05) is 12.1 Å². The Labute approximate surface area is 132 Å². The van der Waals surface area contributed by atoms with Crippen LogP contribution < -0.4 is 5.32 Å². The molecule has 1 aromatic carbocycles. The summed E-state index contributed by atoms with van der Waals surface area (Å²) in [5.41, 5.74) is 2.44. The van der Waals surface area contributed by atoms with Crippen LogP contribution in [0.5, 0.6) is 0 Å². The molecule has 0 aliphatic carbocycles. The van der Waals surface area contributed by atoms with Crippen molar-refractivity contribution in [2.45, 2.75) is 38.8 Å². The van der Waals surface area contributed by atoms with E-state index in [-0.39, 0.29) is 18.1 Å². The molecule has 2 saturated heterocycles. The van der Waals surface area contributed by atoms with Crippen molar-refractivity contribution in [1.29, 1.82) is 0 Å². The Morgan fingerprint density at radius 2 is 2.00 bits per heavy atom. The normalized spacial score (nSPS) is 26.9. The fraction of sp³-hybridized carbons (Fsp3) is 0.611. The first kappa shape index (κ1) is 15.5. The molecule has 4 nitrogen and oxygen atoms in total. The maximum Gasteiger partial charge on any atom is 0.226 e. The monoisotopic (exact) mass is 302 g/mol. The fourth-order valence-corrected chi connectivity index (χ4v) is 3.50. The number of piperidine rings is 1. The van der Waals surface area contributed by atoms with E-state index in [2.05, 4.69) is 36.2 Å². The number of nitrogens with one attached hydrogen (secondary N) is 1. The number of benzene rings is 1. The van der Waals surface area contributed by atoms with Crippen molar-refractivity contribution >= 4 is 5.91 Å². The summed E-state index contributed by atoms with van der Waals surface area (Å²) in [6.07, 6.45) is 1.92. The second-order valence-electron chi connectivity index (χ2n) is 6.54. The standard InChI is InChI=1S/C18H26N2O2/c1-13-5-3-4-6-16(13)17-11-20(14(2)12-22-17)18(21)15-7-9-19-10-8-15/h3-6,14-15,17,19H,7-12H2,1-2H3/t14-,17-/m0/s1. The van der Waals surface area contributed by atoms with Crippen molar-refractivity contribution in [1.82, 2.24) is 10.2 Å². The smallest absolute Gasteiger partial charge is 0.226 e. The maximum atomic E-state index is 12.9. The molecule has 2 aliphatic rings. The van der Waals surface area contributed by atoms with Crippen molar-refractivity contribution in [3.05, 3.63) is 35.4 Å². The van der Waals surface area contributed by atoms with Crippen LogP contribution in [-0.4, -0.2) is 43.1 Å². The van der Waals surface area contributed by atoms with Crippen molar-refractivity contribution < 1.29 is 9.53 Å². The number of carbonyl (C=O) groups excluding carboxylic acids is 1. The van der Waals surface area contributed by atoms with E-state index in [0.717, 1.165) is 25.9 Å². The van der Waals surface area contributed by atoms with E-state index in [1.165, 1.54) is 11.1 Å². The summed E-state index contributed by atoms with van der Waals surface area (Å²) in [5.74, 6) is 0.496. The number of hydrogen-bond donors (Lipinski definition) is 1. The fourth-order valence-electron chi connectivity index (χ4n) is 3.50. The van der Waals surface area contributed by atoms with Crippen LogP contribution in [0.4, 0.5) is 0 Å². The predicted molar refractivity (Wildman–Crippen MR) is 86.6 cm³/mol. The molecule has 0 spiro atoms. The van der Waals surface area contributed by atoms with Crippen molar-refractivity contribution in [2.75, 3.05) is 26.2 Å². The number of morpholine rings is 1. The summed E-state index contributed by atoms with van der Waals surface area (Å²) < 4.78 is 6.02. The Balaban J connectivity index is 1.73. The molecule has 2 heterocycles. The molecule has 2 atom stereocenters. The van der Waals surface area contributed by atoms with Crippen LogP contribution in [0.3, 0.4) is 0 Å². The zero-order valence-electron chi connectivity index (χ0n) is 13.5. The molecule has 1 N–H and O–H groups in total. The molecule has 1 aromatic rings. The van der Waals surface area contributed by atoms with Crippen molar-refractivity contribution in [3.63, 3.8) is 0 Å². The zero-order valence-corrected chi connectivity index (χ0v) is 13.5.